The van der Waals surface area contributed by atoms with Crippen LogP contribution in [0.3, 0.4) is 0 Å². The molecule has 0 saturated carbocycles. The quantitative estimate of drug-likeness (QED) is 0.856. The average Bonchev–Trinajstić information content (AvgIpc) is 3.04. The molecule has 7 heteroatoms. The van der Waals surface area contributed by atoms with Gasteiger partial charge in [0.1, 0.15) is 6.54 Å². The minimum Gasteiger partial charge on any atom is -0.476 e. The van der Waals surface area contributed by atoms with Crippen LogP contribution in [0, 0.1) is 5.92 Å². The first-order valence-electron chi connectivity index (χ1n) is 7.40. The Hall–Kier alpha value is -1.92. The topological polar surface area (TPSA) is 88.3 Å². The second-order valence-electron chi connectivity index (χ2n) is 5.96. The molecule has 0 aliphatic carbocycles. The van der Waals surface area contributed by atoms with Crippen LogP contribution >= 0.6 is 0 Å². The molecule has 0 spiro atoms. The molecule has 7 nitrogen and oxygen atoms in total. The highest BCUT2D eigenvalue weighted by atomic mass is 16.4. The number of aromatic nitrogens is 3. The first kappa shape index (κ1) is 15.5. The molecule has 1 fully saturated rings. The fourth-order valence-electron chi connectivity index (χ4n) is 2.69. The van der Waals surface area contributed by atoms with Gasteiger partial charge in [0.2, 0.25) is 5.91 Å². The maximum atomic E-state index is 12.3. The van der Waals surface area contributed by atoms with E-state index in [1.165, 1.54) is 10.9 Å². The molecule has 1 aliphatic rings. The van der Waals surface area contributed by atoms with E-state index in [2.05, 4.69) is 24.2 Å². The number of carbonyl (C=O) groups is 2. The summed E-state index contributed by atoms with van der Waals surface area (Å²) in [5, 5.41) is 16.0. The number of amides is 1. The van der Waals surface area contributed by atoms with Crippen LogP contribution in [0.15, 0.2) is 6.20 Å². The van der Waals surface area contributed by atoms with Gasteiger partial charge in [0, 0.05) is 12.6 Å². The van der Waals surface area contributed by atoms with Crippen LogP contribution in [0.5, 0.6) is 0 Å². The molecule has 0 aromatic carbocycles. The molecule has 2 rings (SSSR count). The molecule has 1 saturated heterocycles. The van der Waals surface area contributed by atoms with Gasteiger partial charge in [-0.15, -0.1) is 5.10 Å². The number of carbonyl (C=O) groups excluding carboxylic acids is 1. The Balaban J connectivity index is 1.93. The van der Waals surface area contributed by atoms with Gasteiger partial charge in [0.05, 0.1) is 6.20 Å². The Morgan fingerprint density at radius 1 is 1.48 bits per heavy atom. The number of carboxylic acid groups (broad SMARTS) is 1. The molecule has 1 unspecified atom stereocenters. The van der Waals surface area contributed by atoms with E-state index in [-0.39, 0.29) is 18.1 Å². The van der Waals surface area contributed by atoms with E-state index in [4.69, 9.17) is 5.11 Å². The molecule has 1 aliphatic heterocycles. The number of hydrogen-bond donors (Lipinski definition) is 1. The summed E-state index contributed by atoms with van der Waals surface area (Å²) >= 11 is 0. The molecule has 0 bridgehead atoms. The van der Waals surface area contributed by atoms with E-state index in [1.807, 2.05) is 4.90 Å². The monoisotopic (exact) mass is 294 g/mol. The van der Waals surface area contributed by atoms with Gasteiger partial charge in [0.15, 0.2) is 5.69 Å². The maximum Gasteiger partial charge on any atom is 0.358 e. The van der Waals surface area contributed by atoms with Crippen LogP contribution < -0.4 is 0 Å². The molecule has 21 heavy (non-hydrogen) atoms. The van der Waals surface area contributed by atoms with E-state index in [1.54, 1.807) is 0 Å². The first-order valence-corrected chi connectivity index (χ1v) is 7.40. The molecule has 1 amide bonds. The lowest BCUT2D eigenvalue weighted by Crippen LogP contribution is -2.38. The third-order valence-corrected chi connectivity index (χ3v) is 3.83. The Morgan fingerprint density at radius 3 is 2.86 bits per heavy atom. The van der Waals surface area contributed by atoms with Gasteiger partial charge >= 0.3 is 5.97 Å². The first-order chi connectivity index (χ1) is 9.97. The zero-order valence-electron chi connectivity index (χ0n) is 12.5. The lowest BCUT2D eigenvalue weighted by Gasteiger charge is -2.25. The third-order valence-electron chi connectivity index (χ3n) is 3.83. The highest BCUT2D eigenvalue weighted by molar-refractivity contribution is 5.84. The van der Waals surface area contributed by atoms with Crippen molar-refractivity contribution in [3.05, 3.63) is 11.9 Å². The van der Waals surface area contributed by atoms with Gasteiger partial charge in [-0.05, 0) is 31.6 Å². The van der Waals surface area contributed by atoms with Crippen LogP contribution in [-0.2, 0) is 11.3 Å². The number of nitrogens with zero attached hydrogens (tertiary/aromatic N) is 4. The van der Waals surface area contributed by atoms with Gasteiger partial charge in [0.25, 0.3) is 0 Å². The number of rotatable bonds is 6. The Labute approximate surface area is 123 Å². The van der Waals surface area contributed by atoms with Crippen molar-refractivity contribution in [3.8, 4) is 0 Å². The fourth-order valence-corrected chi connectivity index (χ4v) is 2.69. The Bertz CT molecular complexity index is 512. The van der Waals surface area contributed by atoms with Crippen LogP contribution in [0.2, 0.25) is 0 Å². The summed E-state index contributed by atoms with van der Waals surface area (Å²) in [4.78, 5) is 25.0. The molecule has 1 aromatic heterocycles. The van der Waals surface area contributed by atoms with E-state index >= 15 is 0 Å². The van der Waals surface area contributed by atoms with Gasteiger partial charge in [-0.1, -0.05) is 19.1 Å². The van der Waals surface area contributed by atoms with E-state index in [0.717, 1.165) is 32.2 Å². The Kier molecular flexibility index (Phi) is 4.93. The van der Waals surface area contributed by atoms with Crippen LogP contribution in [0.25, 0.3) is 0 Å². The van der Waals surface area contributed by atoms with Gasteiger partial charge in [-0.3, -0.25) is 4.79 Å². The van der Waals surface area contributed by atoms with Gasteiger partial charge in [-0.25, -0.2) is 9.48 Å². The maximum absolute atomic E-state index is 12.3. The van der Waals surface area contributed by atoms with E-state index in [9.17, 15) is 9.59 Å². The fraction of sp³-hybridized carbons (Fsp3) is 0.714. The summed E-state index contributed by atoms with van der Waals surface area (Å²) in [5.41, 5.74) is -0.138. The molecule has 1 N–H and O–H groups in total. The highest BCUT2D eigenvalue weighted by Crippen LogP contribution is 2.23. The number of hydrogen-bond acceptors (Lipinski definition) is 4. The largest absolute Gasteiger partial charge is 0.476 e. The summed E-state index contributed by atoms with van der Waals surface area (Å²) in [6, 6.07) is 0.308. The zero-order chi connectivity index (χ0) is 15.4. The van der Waals surface area contributed by atoms with Crippen molar-refractivity contribution in [1.29, 1.82) is 0 Å². The van der Waals surface area contributed by atoms with Crippen LogP contribution in [-0.4, -0.2) is 49.5 Å². The standard InChI is InChI=1S/C14H22N4O3/c1-10(2)5-6-11-4-3-7-18(11)13(19)9-17-8-12(14(20)21)15-16-17/h8,10-11H,3-7,9H2,1-2H3,(H,20,21). The molecule has 0 radical (unpaired) electrons. The van der Waals surface area contributed by atoms with Crippen molar-refractivity contribution >= 4 is 11.9 Å². The normalized spacial score (nSPS) is 18.4. The second kappa shape index (κ2) is 6.69. The molecule has 1 aromatic rings. The summed E-state index contributed by atoms with van der Waals surface area (Å²) in [5.74, 6) is -0.510. The Morgan fingerprint density at radius 2 is 2.24 bits per heavy atom. The summed E-state index contributed by atoms with van der Waals surface area (Å²) in [6.45, 7) is 5.20. The summed E-state index contributed by atoms with van der Waals surface area (Å²) in [7, 11) is 0. The van der Waals surface area contributed by atoms with Crippen molar-refractivity contribution in [3.63, 3.8) is 0 Å². The average molecular weight is 294 g/mol. The zero-order valence-corrected chi connectivity index (χ0v) is 12.5. The molecular weight excluding hydrogens is 272 g/mol. The highest BCUT2D eigenvalue weighted by Gasteiger charge is 2.28. The molecule has 2 heterocycles. The van der Waals surface area contributed by atoms with Crippen molar-refractivity contribution in [2.75, 3.05) is 6.54 Å². The summed E-state index contributed by atoms with van der Waals surface area (Å²) < 4.78 is 1.30. The lowest BCUT2D eigenvalue weighted by atomic mass is 10.0. The number of aromatic carboxylic acids is 1. The van der Waals surface area contributed by atoms with Crippen molar-refractivity contribution in [1.82, 2.24) is 19.9 Å². The SMILES string of the molecule is CC(C)CCC1CCCN1C(=O)Cn1cc(C(=O)O)nn1. The molecule has 1 atom stereocenters. The predicted octanol–water partition coefficient (Wildman–Crippen LogP) is 1.40. The smallest absolute Gasteiger partial charge is 0.358 e. The van der Waals surface area contributed by atoms with E-state index < -0.39 is 5.97 Å². The van der Waals surface area contributed by atoms with Crippen LogP contribution in [0.1, 0.15) is 50.0 Å². The van der Waals surface area contributed by atoms with E-state index in [0.29, 0.717) is 12.0 Å². The molecule has 116 valence electrons. The number of likely N-dealkylation sites (tertiary alicyclic amines) is 1. The molecular formula is C14H22N4O3. The lowest BCUT2D eigenvalue weighted by molar-refractivity contribution is -0.133. The summed E-state index contributed by atoms with van der Waals surface area (Å²) in [6.07, 6.45) is 5.52. The van der Waals surface area contributed by atoms with Gasteiger partial charge in [-0.2, -0.15) is 0 Å². The van der Waals surface area contributed by atoms with Gasteiger partial charge < -0.3 is 10.0 Å². The predicted molar refractivity (Wildman–Crippen MR) is 75.8 cm³/mol. The third kappa shape index (κ3) is 4.03. The van der Waals surface area contributed by atoms with Crippen molar-refractivity contribution in [2.45, 2.75) is 52.1 Å². The second-order valence-corrected chi connectivity index (χ2v) is 5.96. The van der Waals surface area contributed by atoms with Crippen molar-refractivity contribution in [2.24, 2.45) is 5.92 Å². The minimum absolute atomic E-state index is 0.0110. The minimum atomic E-state index is -1.13. The number of carboxylic acids is 1. The van der Waals surface area contributed by atoms with Crippen molar-refractivity contribution < 1.29 is 14.7 Å². The van der Waals surface area contributed by atoms with Crippen LogP contribution in [0.4, 0.5) is 0 Å².